The van der Waals surface area contributed by atoms with Crippen molar-refractivity contribution in [2.75, 3.05) is 6.54 Å². The van der Waals surface area contributed by atoms with E-state index in [1.54, 1.807) is 12.3 Å². The van der Waals surface area contributed by atoms with Gasteiger partial charge in [0.2, 0.25) is 17.7 Å². The zero-order valence-corrected chi connectivity index (χ0v) is 24.0. The molecule has 4 unspecified atom stereocenters. The van der Waals surface area contributed by atoms with Gasteiger partial charge in [0.1, 0.15) is 23.9 Å². The third-order valence-electron chi connectivity index (χ3n) is 7.04. The summed E-state index contributed by atoms with van der Waals surface area (Å²) in [6, 6.07) is 7.72. The highest BCUT2D eigenvalue weighted by Gasteiger charge is 2.32. The molecule has 14 nitrogen and oxygen atoms in total. The number of aromatic nitrogens is 1. The van der Waals surface area contributed by atoms with Gasteiger partial charge in [-0.3, -0.25) is 19.2 Å². The summed E-state index contributed by atoms with van der Waals surface area (Å²) >= 11 is 0. The van der Waals surface area contributed by atoms with E-state index in [4.69, 9.17) is 11.5 Å². The van der Waals surface area contributed by atoms with Crippen molar-refractivity contribution in [3.05, 3.63) is 65.9 Å². The number of hydrogen-bond donors (Lipinski definition) is 9. The molecular formula is C30H38N6O8. The molecule has 0 fully saturated rings. The number of unbranched alkanes of at least 4 members (excludes halogenated alkanes) is 1. The smallest absolute Gasteiger partial charge is 0.326 e. The fourth-order valence-corrected chi connectivity index (χ4v) is 4.64. The van der Waals surface area contributed by atoms with Gasteiger partial charge in [-0.05, 0) is 48.7 Å². The van der Waals surface area contributed by atoms with Crippen LogP contribution in [0.15, 0.2) is 54.7 Å². The van der Waals surface area contributed by atoms with Crippen molar-refractivity contribution in [3.8, 4) is 5.75 Å². The number of H-pyrrole nitrogens is 1. The molecule has 3 amide bonds. The minimum absolute atomic E-state index is 0.00862. The van der Waals surface area contributed by atoms with Crippen LogP contribution >= 0.6 is 0 Å². The van der Waals surface area contributed by atoms with Gasteiger partial charge in [-0.25, -0.2) is 4.79 Å². The lowest BCUT2D eigenvalue weighted by molar-refractivity contribution is -0.143. The zero-order chi connectivity index (χ0) is 32.2. The molecule has 0 saturated heterocycles. The highest BCUT2D eigenvalue weighted by atomic mass is 16.4. The Morgan fingerprint density at radius 1 is 0.795 bits per heavy atom. The Bertz CT molecular complexity index is 1460. The van der Waals surface area contributed by atoms with Crippen LogP contribution in [0.4, 0.5) is 0 Å². The number of aromatic hydroxyl groups is 1. The number of carbonyl (C=O) groups excluding carboxylic acids is 3. The SMILES string of the molecule is NCCCCC(N)C(=O)NC(CC(=O)O)C(=O)NC(Cc1c[nH]c2ccccc12)C(=O)NC(Cc1ccc(O)cc1)C(=O)O. The average molecular weight is 611 g/mol. The summed E-state index contributed by atoms with van der Waals surface area (Å²) in [5.41, 5.74) is 13.3. The van der Waals surface area contributed by atoms with Gasteiger partial charge in [-0.15, -0.1) is 0 Å². The number of aromatic amines is 1. The Kier molecular flexibility index (Phi) is 12.2. The predicted molar refractivity (Wildman–Crippen MR) is 160 cm³/mol. The van der Waals surface area contributed by atoms with Crippen molar-refractivity contribution < 1.29 is 39.3 Å². The zero-order valence-electron chi connectivity index (χ0n) is 24.0. The molecule has 236 valence electrons. The quantitative estimate of drug-likeness (QED) is 0.0934. The molecule has 1 heterocycles. The molecular weight excluding hydrogens is 572 g/mol. The number of aliphatic carboxylic acids is 2. The van der Waals surface area contributed by atoms with Gasteiger partial charge in [0.15, 0.2) is 0 Å². The van der Waals surface area contributed by atoms with Crippen molar-refractivity contribution in [1.82, 2.24) is 20.9 Å². The van der Waals surface area contributed by atoms with E-state index in [0.717, 1.165) is 10.9 Å². The van der Waals surface area contributed by atoms with Crippen LogP contribution in [0.3, 0.4) is 0 Å². The lowest BCUT2D eigenvalue weighted by Crippen LogP contribution is -2.58. The first kappa shape index (κ1) is 33.6. The maximum atomic E-state index is 13.5. The third-order valence-corrected chi connectivity index (χ3v) is 7.04. The number of hydrogen-bond acceptors (Lipinski definition) is 8. The van der Waals surface area contributed by atoms with E-state index >= 15 is 0 Å². The Morgan fingerprint density at radius 2 is 1.43 bits per heavy atom. The number of carboxylic acid groups (broad SMARTS) is 2. The van der Waals surface area contributed by atoms with Gasteiger partial charge >= 0.3 is 11.9 Å². The van der Waals surface area contributed by atoms with E-state index in [-0.39, 0.29) is 25.0 Å². The maximum Gasteiger partial charge on any atom is 0.326 e. The Morgan fingerprint density at radius 3 is 2.09 bits per heavy atom. The second-order valence-corrected chi connectivity index (χ2v) is 10.4. The highest BCUT2D eigenvalue weighted by molar-refractivity contribution is 5.96. The van der Waals surface area contributed by atoms with Gasteiger partial charge < -0.3 is 47.7 Å². The van der Waals surface area contributed by atoms with Crippen molar-refractivity contribution in [3.63, 3.8) is 0 Å². The number of carboxylic acids is 2. The van der Waals surface area contributed by atoms with Crippen LogP contribution in [-0.2, 0) is 36.8 Å². The van der Waals surface area contributed by atoms with Gasteiger partial charge in [-0.2, -0.15) is 0 Å². The van der Waals surface area contributed by atoms with Crippen LogP contribution in [0.1, 0.15) is 36.8 Å². The van der Waals surface area contributed by atoms with Crippen LogP contribution in [0.25, 0.3) is 10.9 Å². The summed E-state index contributed by atoms with van der Waals surface area (Å²) in [5.74, 6) is -5.25. The summed E-state index contributed by atoms with van der Waals surface area (Å²) in [5, 5.41) is 36.9. The summed E-state index contributed by atoms with van der Waals surface area (Å²) in [6.07, 6.45) is 2.13. The number of phenolic OH excluding ortho intramolecular Hbond substituents is 1. The van der Waals surface area contributed by atoms with E-state index in [9.17, 15) is 39.3 Å². The minimum Gasteiger partial charge on any atom is -0.508 e. The standard InChI is InChI=1S/C30H38N6O8/c31-12-4-3-6-21(32)27(40)34-24(15-26(38)39)29(42)35-23(14-18-16-33-22-7-2-1-5-20(18)22)28(41)36-25(30(43)44)13-17-8-10-19(37)11-9-17/h1-2,5,7-11,16,21,23-25,33,37H,3-4,6,12-15,31-32H2,(H,34,40)(H,35,42)(H,36,41)(H,38,39)(H,43,44). The number of amides is 3. The molecule has 14 heteroatoms. The van der Waals surface area contributed by atoms with E-state index in [0.29, 0.717) is 30.5 Å². The second-order valence-electron chi connectivity index (χ2n) is 10.4. The van der Waals surface area contributed by atoms with Crippen LogP contribution in [0.5, 0.6) is 5.75 Å². The van der Waals surface area contributed by atoms with Gasteiger partial charge in [0.05, 0.1) is 12.5 Å². The first-order valence-corrected chi connectivity index (χ1v) is 14.1. The topological polar surface area (TPSA) is 250 Å². The minimum atomic E-state index is -1.56. The van der Waals surface area contributed by atoms with Gasteiger partial charge in [0, 0.05) is 29.9 Å². The summed E-state index contributed by atoms with van der Waals surface area (Å²) in [6.45, 7) is 0.413. The number of phenols is 1. The molecule has 0 bridgehead atoms. The van der Waals surface area contributed by atoms with Crippen molar-refractivity contribution in [1.29, 1.82) is 0 Å². The van der Waals surface area contributed by atoms with E-state index < -0.39 is 60.2 Å². The lowest BCUT2D eigenvalue weighted by atomic mass is 10.0. The van der Waals surface area contributed by atoms with E-state index in [1.165, 1.54) is 24.3 Å². The number of benzene rings is 2. The maximum absolute atomic E-state index is 13.5. The molecule has 3 aromatic rings. The number of nitrogens with one attached hydrogen (secondary N) is 4. The lowest BCUT2D eigenvalue weighted by Gasteiger charge is -2.25. The van der Waals surface area contributed by atoms with Crippen molar-refractivity contribution in [2.45, 2.75) is 62.7 Å². The molecule has 11 N–H and O–H groups in total. The van der Waals surface area contributed by atoms with E-state index in [2.05, 4.69) is 20.9 Å². The Labute approximate surface area is 253 Å². The molecule has 3 rings (SSSR count). The van der Waals surface area contributed by atoms with Crippen LogP contribution < -0.4 is 27.4 Å². The number of rotatable bonds is 17. The molecule has 44 heavy (non-hydrogen) atoms. The molecule has 0 spiro atoms. The molecule has 0 aliphatic carbocycles. The third kappa shape index (κ3) is 9.81. The van der Waals surface area contributed by atoms with E-state index in [1.807, 2.05) is 18.2 Å². The number of carbonyl (C=O) groups is 5. The molecule has 1 aromatic heterocycles. The van der Waals surface area contributed by atoms with Crippen LogP contribution in [0.2, 0.25) is 0 Å². The van der Waals surface area contributed by atoms with Crippen molar-refractivity contribution in [2.24, 2.45) is 11.5 Å². The highest BCUT2D eigenvalue weighted by Crippen LogP contribution is 2.20. The molecule has 0 aliphatic rings. The second kappa shape index (κ2) is 16.0. The first-order valence-electron chi connectivity index (χ1n) is 14.1. The Hall–Kier alpha value is -4.95. The fraction of sp³-hybridized carbons (Fsp3) is 0.367. The predicted octanol–water partition coefficient (Wildman–Crippen LogP) is 0.129. The monoisotopic (exact) mass is 610 g/mol. The molecule has 2 aromatic carbocycles. The molecule has 0 radical (unpaired) electrons. The van der Waals surface area contributed by atoms with Crippen LogP contribution in [-0.4, -0.2) is 80.7 Å². The number of fused-ring (bicyclic) bond motifs is 1. The van der Waals surface area contributed by atoms with Gasteiger partial charge in [0.25, 0.3) is 0 Å². The Balaban J connectivity index is 1.84. The van der Waals surface area contributed by atoms with Crippen molar-refractivity contribution >= 4 is 40.6 Å². The summed E-state index contributed by atoms with van der Waals surface area (Å²) in [7, 11) is 0. The largest absolute Gasteiger partial charge is 0.508 e. The molecule has 0 saturated carbocycles. The summed E-state index contributed by atoms with van der Waals surface area (Å²) in [4.78, 5) is 66.3. The van der Waals surface area contributed by atoms with Gasteiger partial charge in [-0.1, -0.05) is 36.8 Å². The van der Waals surface area contributed by atoms with Crippen LogP contribution in [0, 0.1) is 0 Å². The fourth-order valence-electron chi connectivity index (χ4n) is 4.64. The first-order chi connectivity index (χ1) is 21.0. The molecule has 4 atom stereocenters. The normalized spacial score (nSPS) is 13.8. The average Bonchev–Trinajstić information content (AvgIpc) is 3.39. The summed E-state index contributed by atoms with van der Waals surface area (Å²) < 4.78 is 0. The number of nitrogens with two attached hydrogens (primary N) is 2. The number of para-hydroxylation sites is 1. The molecule has 0 aliphatic heterocycles.